The minimum absolute atomic E-state index is 0.457. The first-order valence-electron chi connectivity index (χ1n) is 7.55. The van der Waals surface area contributed by atoms with Crippen LogP contribution in [0, 0.1) is 11.8 Å². The standard InChI is InChI=1S/C17H27NS/c1-5-14-8-11-17(12(14)2)18-13(3)15-6-9-16(19-4)10-7-15/h6-7,9-10,12-14,17-18H,5,8,11H2,1-4H3. The molecule has 4 unspecified atom stereocenters. The number of thioether (sulfide) groups is 1. The van der Waals surface area contributed by atoms with Gasteiger partial charge in [-0.05, 0) is 55.6 Å². The van der Waals surface area contributed by atoms with Crippen molar-refractivity contribution in [1.82, 2.24) is 5.32 Å². The van der Waals surface area contributed by atoms with Crippen LogP contribution in [0.4, 0.5) is 0 Å². The van der Waals surface area contributed by atoms with Gasteiger partial charge in [0.1, 0.15) is 0 Å². The van der Waals surface area contributed by atoms with E-state index in [0.717, 1.165) is 11.8 Å². The maximum atomic E-state index is 3.84. The van der Waals surface area contributed by atoms with Crippen LogP contribution in [0.1, 0.15) is 51.6 Å². The average Bonchev–Trinajstić information content (AvgIpc) is 2.79. The van der Waals surface area contributed by atoms with E-state index in [0.29, 0.717) is 12.1 Å². The van der Waals surface area contributed by atoms with E-state index in [1.165, 1.54) is 29.7 Å². The first kappa shape index (κ1) is 14.9. The van der Waals surface area contributed by atoms with E-state index in [1.54, 1.807) is 11.8 Å². The van der Waals surface area contributed by atoms with Crippen LogP contribution in [0.2, 0.25) is 0 Å². The van der Waals surface area contributed by atoms with Crippen molar-refractivity contribution in [3.8, 4) is 0 Å². The number of nitrogens with one attached hydrogen (secondary N) is 1. The molecule has 2 heteroatoms. The molecule has 0 aliphatic heterocycles. The van der Waals surface area contributed by atoms with E-state index >= 15 is 0 Å². The third-order valence-electron chi connectivity index (χ3n) is 4.83. The second-order valence-corrected chi connectivity index (χ2v) is 6.75. The van der Waals surface area contributed by atoms with Gasteiger partial charge in [-0.15, -0.1) is 11.8 Å². The Kier molecular flexibility index (Phi) is 5.35. The normalized spacial score (nSPS) is 28.5. The van der Waals surface area contributed by atoms with Crippen molar-refractivity contribution in [3.05, 3.63) is 29.8 Å². The third kappa shape index (κ3) is 3.55. The van der Waals surface area contributed by atoms with Crippen LogP contribution in [0.3, 0.4) is 0 Å². The predicted molar refractivity (Wildman–Crippen MR) is 85.7 cm³/mol. The van der Waals surface area contributed by atoms with Gasteiger partial charge in [0.15, 0.2) is 0 Å². The fraction of sp³-hybridized carbons (Fsp3) is 0.647. The van der Waals surface area contributed by atoms with Gasteiger partial charge in [-0.25, -0.2) is 0 Å². The maximum Gasteiger partial charge on any atom is 0.0294 e. The fourth-order valence-corrected chi connectivity index (χ4v) is 3.78. The monoisotopic (exact) mass is 277 g/mol. The maximum absolute atomic E-state index is 3.84. The summed E-state index contributed by atoms with van der Waals surface area (Å²) in [5.74, 6) is 1.74. The van der Waals surface area contributed by atoms with Crippen LogP contribution >= 0.6 is 11.8 Å². The summed E-state index contributed by atoms with van der Waals surface area (Å²) in [6, 6.07) is 10.1. The summed E-state index contributed by atoms with van der Waals surface area (Å²) in [5, 5.41) is 3.84. The predicted octanol–water partition coefficient (Wildman–Crippen LogP) is 4.88. The quantitative estimate of drug-likeness (QED) is 0.770. The molecule has 1 saturated carbocycles. The third-order valence-corrected chi connectivity index (χ3v) is 5.57. The number of rotatable bonds is 5. The van der Waals surface area contributed by atoms with Crippen LogP contribution in [0.5, 0.6) is 0 Å². The molecule has 4 atom stereocenters. The topological polar surface area (TPSA) is 12.0 Å². The number of benzene rings is 1. The van der Waals surface area contributed by atoms with Gasteiger partial charge in [0.2, 0.25) is 0 Å². The SMILES string of the molecule is CCC1CCC(NC(C)c2ccc(SC)cc2)C1C. The van der Waals surface area contributed by atoms with Crippen molar-refractivity contribution in [1.29, 1.82) is 0 Å². The number of hydrogen-bond donors (Lipinski definition) is 1. The van der Waals surface area contributed by atoms with Crippen molar-refractivity contribution < 1.29 is 0 Å². The molecule has 1 aliphatic rings. The smallest absolute Gasteiger partial charge is 0.0294 e. The molecule has 0 heterocycles. The molecular weight excluding hydrogens is 250 g/mol. The molecule has 1 aromatic carbocycles. The summed E-state index contributed by atoms with van der Waals surface area (Å²) < 4.78 is 0. The van der Waals surface area contributed by atoms with Crippen LogP contribution in [0.25, 0.3) is 0 Å². The van der Waals surface area contributed by atoms with E-state index in [4.69, 9.17) is 0 Å². The molecule has 0 amide bonds. The summed E-state index contributed by atoms with van der Waals surface area (Å²) in [5.41, 5.74) is 1.41. The molecular formula is C17H27NS. The van der Waals surface area contributed by atoms with Crippen molar-refractivity contribution >= 4 is 11.8 Å². The minimum atomic E-state index is 0.457. The van der Waals surface area contributed by atoms with Gasteiger partial charge >= 0.3 is 0 Å². The van der Waals surface area contributed by atoms with Gasteiger partial charge in [-0.1, -0.05) is 32.4 Å². The number of hydrogen-bond acceptors (Lipinski definition) is 2. The lowest BCUT2D eigenvalue weighted by atomic mass is 9.93. The van der Waals surface area contributed by atoms with Crippen molar-refractivity contribution in [2.75, 3.05) is 6.26 Å². The Morgan fingerprint density at radius 3 is 2.47 bits per heavy atom. The summed E-state index contributed by atoms with van der Waals surface area (Å²) in [7, 11) is 0. The highest BCUT2D eigenvalue weighted by Gasteiger charge is 2.32. The molecule has 1 nitrogen and oxygen atoms in total. The van der Waals surface area contributed by atoms with Crippen LogP contribution < -0.4 is 5.32 Å². The van der Waals surface area contributed by atoms with Gasteiger partial charge in [0.25, 0.3) is 0 Å². The molecule has 1 N–H and O–H groups in total. The fourth-order valence-electron chi connectivity index (χ4n) is 3.37. The van der Waals surface area contributed by atoms with Crippen LogP contribution in [0.15, 0.2) is 29.2 Å². The van der Waals surface area contributed by atoms with Crippen molar-refractivity contribution in [2.24, 2.45) is 11.8 Å². The molecule has 1 aromatic rings. The summed E-state index contributed by atoms with van der Waals surface area (Å²) in [6.07, 6.45) is 6.19. The van der Waals surface area contributed by atoms with Crippen LogP contribution in [-0.2, 0) is 0 Å². The molecule has 1 fully saturated rings. The second-order valence-electron chi connectivity index (χ2n) is 5.87. The highest BCUT2D eigenvalue weighted by Crippen LogP contribution is 2.35. The van der Waals surface area contributed by atoms with Gasteiger partial charge in [-0.2, -0.15) is 0 Å². The molecule has 0 radical (unpaired) electrons. The Morgan fingerprint density at radius 1 is 1.26 bits per heavy atom. The molecule has 0 saturated heterocycles. The zero-order valence-electron chi connectivity index (χ0n) is 12.6. The van der Waals surface area contributed by atoms with Gasteiger partial charge in [-0.3, -0.25) is 0 Å². The molecule has 0 bridgehead atoms. The van der Waals surface area contributed by atoms with E-state index in [2.05, 4.69) is 56.6 Å². The average molecular weight is 277 g/mol. The first-order chi connectivity index (χ1) is 9.15. The highest BCUT2D eigenvalue weighted by atomic mass is 32.2. The first-order valence-corrected chi connectivity index (χ1v) is 8.78. The lowest BCUT2D eigenvalue weighted by Gasteiger charge is -2.25. The zero-order chi connectivity index (χ0) is 13.8. The Bertz CT molecular complexity index is 387. The van der Waals surface area contributed by atoms with Gasteiger partial charge in [0, 0.05) is 17.0 Å². The van der Waals surface area contributed by atoms with E-state index in [1.807, 2.05) is 0 Å². The van der Waals surface area contributed by atoms with E-state index in [9.17, 15) is 0 Å². The summed E-state index contributed by atoms with van der Waals surface area (Å²) >= 11 is 1.81. The van der Waals surface area contributed by atoms with Crippen LogP contribution in [-0.4, -0.2) is 12.3 Å². The Balaban J connectivity index is 1.95. The van der Waals surface area contributed by atoms with E-state index in [-0.39, 0.29) is 0 Å². The van der Waals surface area contributed by atoms with Gasteiger partial charge in [0.05, 0.1) is 0 Å². The Hall–Kier alpha value is -0.470. The Labute approximate surface area is 122 Å². The molecule has 0 spiro atoms. The lowest BCUT2D eigenvalue weighted by Crippen LogP contribution is -2.34. The van der Waals surface area contributed by atoms with Crippen molar-refractivity contribution in [2.45, 2.75) is 57.0 Å². The zero-order valence-corrected chi connectivity index (χ0v) is 13.5. The summed E-state index contributed by atoms with van der Waals surface area (Å²) in [6.45, 7) is 7.04. The lowest BCUT2D eigenvalue weighted by molar-refractivity contribution is 0.327. The Morgan fingerprint density at radius 2 is 1.95 bits per heavy atom. The molecule has 2 rings (SSSR count). The summed E-state index contributed by atoms with van der Waals surface area (Å²) in [4.78, 5) is 1.34. The van der Waals surface area contributed by atoms with E-state index < -0.39 is 0 Å². The molecule has 1 aliphatic carbocycles. The van der Waals surface area contributed by atoms with Gasteiger partial charge < -0.3 is 5.32 Å². The molecule has 0 aromatic heterocycles. The van der Waals surface area contributed by atoms with Crippen molar-refractivity contribution in [3.63, 3.8) is 0 Å². The second kappa shape index (κ2) is 6.81. The molecule has 19 heavy (non-hydrogen) atoms. The minimum Gasteiger partial charge on any atom is -0.307 e. The highest BCUT2D eigenvalue weighted by molar-refractivity contribution is 7.98. The molecule has 106 valence electrons. The largest absolute Gasteiger partial charge is 0.307 e.